The molecule has 24 heavy (non-hydrogen) atoms. The smallest absolute Gasteiger partial charge is 0.255 e. The molecule has 6 heteroatoms. The van der Waals surface area contributed by atoms with Crippen LogP contribution < -0.4 is 16.4 Å². The topological polar surface area (TPSA) is 84.2 Å². The number of hydrogen-bond donors (Lipinski definition) is 3. The van der Waals surface area contributed by atoms with Crippen molar-refractivity contribution >= 4 is 23.2 Å². The Morgan fingerprint density at radius 3 is 2.46 bits per heavy atom. The van der Waals surface area contributed by atoms with Crippen molar-refractivity contribution in [2.24, 2.45) is 5.73 Å². The van der Waals surface area contributed by atoms with Crippen LogP contribution in [-0.4, -0.2) is 18.4 Å². The van der Waals surface area contributed by atoms with Crippen molar-refractivity contribution in [3.63, 3.8) is 0 Å². The maximum absolute atomic E-state index is 12.9. The average Bonchev–Trinajstić information content (AvgIpc) is 2.56. The van der Waals surface area contributed by atoms with Crippen molar-refractivity contribution in [2.75, 3.05) is 17.2 Å². The van der Waals surface area contributed by atoms with Crippen molar-refractivity contribution in [2.45, 2.75) is 19.8 Å². The van der Waals surface area contributed by atoms with E-state index in [-0.39, 0.29) is 11.8 Å². The molecule has 0 aliphatic rings. The molecule has 0 radical (unpaired) electrons. The lowest BCUT2D eigenvalue weighted by Gasteiger charge is -2.11. The third-order valence-corrected chi connectivity index (χ3v) is 3.48. The zero-order valence-corrected chi connectivity index (χ0v) is 13.4. The predicted octanol–water partition coefficient (Wildman–Crippen LogP) is 3.06. The van der Waals surface area contributed by atoms with E-state index in [1.165, 1.54) is 24.3 Å². The highest BCUT2D eigenvalue weighted by atomic mass is 19.1. The van der Waals surface area contributed by atoms with Gasteiger partial charge in [-0.15, -0.1) is 0 Å². The summed E-state index contributed by atoms with van der Waals surface area (Å²) in [5, 5.41) is 5.54. The predicted molar refractivity (Wildman–Crippen MR) is 92.5 cm³/mol. The number of rotatable bonds is 6. The number of anilines is 2. The van der Waals surface area contributed by atoms with Gasteiger partial charge in [0.15, 0.2) is 0 Å². The molecule has 2 rings (SSSR count). The summed E-state index contributed by atoms with van der Waals surface area (Å²) in [4.78, 5) is 24.0. The third-order valence-electron chi connectivity index (χ3n) is 3.48. The van der Waals surface area contributed by atoms with Crippen LogP contribution >= 0.6 is 0 Å². The number of hydrogen-bond acceptors (Lipinski definition) is 3. The van der Waals surface area contributed by atoms with E-state index in [4.69, 9.17) is 5.73 Å². The molecular formula is C18H20FN3O2. The molecule has 5 nitrogen and oxygen atoms in total. The molecule has 0 aliphatic carbocycles. The molecule has 0 bridgehead atoms. The third kappa shape index (κ3) is 4.89. The normalized spacial score (nSPS) is 10.3. The Hall–Kier alpha value is -2.73. The molecule has 0 saturated heterocycles. The Morgan fingerprint density at radius 2 is 1.79 bits per heavy atom. The van der Waals surface area contributed by atoms with Gasteiger partial charge >= 0.3 is 0 Å². The van der Waals surface area contributed by atoms with Gasteiger partial charge in [0, 0.05) is 23.4 Å². The zero-order chi connectivity index (χ0) is 17.5. The number of halogens is 1. The summed E-state index contributed by atoms with van der Waals surface area (Å²) in [7, 11) is 0. The molecular weight excluding hydrogens is 309 g/mol. The Balaban J connectivity index is 2.08. The zero-order valence-electron chi connectivity index (χ0n) is 13.4. The van der Waals surface area contributed by atoms with Gasteiger partial charge in [-0.25, -0.2) is 4.39 Å². The SMILES string of the molecule is Cc1ccc(NC(=O)c2ccc(F)cc2)cc1NC(=O)CCCN. The molecule has 126 valence electrons. The van der Waals surface area contributed by atoms with Gasteiger partial charge in [0.25, 0.3) is 5.91 Å². The summed E-state index contributed by atoms with van der Waals surface area (Å²) in [6, 6.07) is 10.5. The van der Waals surface area contributed by atoms with Crippen LogP contribution in [0.3, 0.4) is 0 Å². The standard InChI is InChI=1S/C18H20FN3O2/c1-12-4-9-15(11-16(12)22-17(23)3-2-10-20)21-18(24)13-5-7-14(19)8-6-13/h4-9,11H,2-3,10,20H2,1H3,(H,21,24)(H,22,23). The van der Waals surface area contributed by atoms with E-state index < -0.39 is 5.82 Å². The highest BCUT2D eigenvalue weighted by Crippen LogP contribution is 2.21. The maximum atomic E-state index is 12.9. The van der Waals surface area contributed by atoms with Gasteiger partial charge in [0.2, 0.25) is 5.91 Å². The van der Waals surface area contributed by atoms with Gasteiger partial charge in [0.1, 0.15) is 5.82 Å². The molecule has 0 heterocycles. The van der Waals surface area contributed by atoms with Gasteiger partial charge in [-0.2, -0.15) is 0 Å². The van der Waals surface area contributed by atoms with Crippen LogP contribution in [0.5, 0.6) is 0 Å². The Morgan fingerprint density at radius 1 is 1.08 bits per heavy atom. The lowest BCUT2D eigenvalue weighted by molar-refractivity contribution is -0.116. The first-order valence-corrected chi connectivity index (χ1v) is 7.67. The van der Waals surface area contributed by atoms with Gasteiger partial charge in [-0.05, 0) is 61.9 Å². The van der Waals surface area contributed by atoms with Crippen LogP contribution in [0.15, 0.2) is 42.5 Å². The van der Waals surface area contributed by atoms with Gasteiger partial charge in [-0.1, -0.05) is 6.07 Å². The largest absolute Gasteiger partial charge is 0.330 e. The molecule has 2 aromatic rings. The number of carbonyl (C=O) groups is 2. The van der Waals surface area contributed by atoms with Crippen LogP contribution in [0.2, 0.25) is 0 Å². The molecule has 2 aromatic carbocycles. The lowest BCUT2D eigenvalue weighted by Crippen LogP contribution is -2.15. The first-order chi connectivity index (χ1) is 11.5. The number of nitrogens with one attached hydrogen (secondary N) is 2. The monoisotopic (exact) mass is 329 g/mol. The van der Waals surface area contributed by atoms with E-state index in [1.807, 2.05) is 6.92 Å². The van der Waals surface area contributed by atoms with Crippen molar-refractivity contribution in [3.8, 4) is 0 Å². The fourth-order valence-corrected chi connectivity index (χ4v) is 2.11. The first kappa shape index (κ1) is 17.6. The van der Waals surface area contributed by atoms with Crippen molar-refractivity contribution < 1.29 is 14.0 Å². The van der Waals surface area contributed by atoms with Crippen molar-refractivity contribution in [1.82, 2.24) is 0 Å². The number of benzene rings is 2. The molecule has 0 unspecified atom stereocenters. The minimum Gasteiger partial charge on any atom is -0.330 e. The quantitative estimate of drug-likeness (QED) is 0.761. The van der Waals surface area contributed by atoms with Crippen LogP contribution in [0, 0.1) is 12.7 Å². The van der Waals surface area contributed by atoms with Gasteiger partial charge in [-0.3, -0.25) is 9.59 Å². The summed E-state index contributed by atoms with van der Waals surface area (Å²) in [6.07, 6.45) is 0.966. The average molecular weight is 329 g/mol. The first-order valence-electron chi connectivity index (χ1n) is 7.67. The second kappa shape index (κ2) is 8.21. The maximum Gasteiger partial charge on any atom is 0.255 e. The second-order valence-electron chi connectivity index (χ2n) is 5.43. The lowest BCUT2D eigenvalue weighted by atomic mass is 10.1. The van der Waals surface area contributed by atoms with E-state index in [0.29, 0.717) is 36.3 Å². The highest BCUT2D eigenvalue weighted by Gasteiger charge is 2.09. The summed E-state index contributed by atoms with van der Waals surface area (Å²) in [5.41, 5.74) is 7.81. The Kier molecular flexibility index (Phi) is 6.03. The van der Waals surface area contributed by atoms with E-state index in [2.05, 4.69) is 10.6 Å². The summed E-state index contributed by atoms with van der Waals surface area (Å²) in [5.74, 6) is -0.866. The molecule has 0 aliphatic heterocycles. The van der Waals surface area contributed by atoms with Crippen LogP contribution in [0.1, 0.15) is 28.8 Å². The molecule has 0 spiro atoms. The van der Waals surface area contributed by atoms with Crippen molar-refractivity contribution in [3.05, 3.63) is 59.4 Å². The molecule has 0 fully saturated rings. The van der Waals surface area contributed by atoms with Crippen LogP contribution in [-0.2, 0) is 4.79 Å². The second-order valence-corrected chi connectivity index (χ2v) is 5.43. The highest BCUT2D eigenvalue weighted by molar-refractivity contribution is 6.04. The van der Waals surface area contributed by atoms with Gasteiger partial charge < -0.3 is 16.4 Å². The Bertz CT molecular complexity index is 730. The van der Waals surface area contributed by atoms with Crippen LogP contribution in [0.25, 0.3) is 0 Å². The number of carbonyl (C=O) groups excluding carboxylic acids is 2. The minimum atomic E-state index is -0.399. The minimum absolute atomic E-state index is 0.120. The number of aryl methyl sites for hydroxylation is 1. The summed E-state index contributed by atoms with van der Waals surface area (Å²) < 4.78 is 12.9. The van der Waals surface area contributed by atoms with Crippen molar-refractivity contribution in [1.29, 1.82) is 0 Å². The molecule has 2 amide bonds. The number of amides is 2. The Labute approximate surface area is 140 Å². The number of nitrogens with two attached hydrogens (primary N) is 1. The molecule has 4 N–H and O–H groups in total. The molecule has 0 saturated carbocycles. The van der Waals surface area contributed by atoms with E-state index >= 15 is 0 Å². The van der Waals surface area contributed by atoms with E-state index in [9.17, 15) is 14.0 Å². The van der Waals surface area contributed by atoms with E-state index in [0.717, 1.165) is 5.56 Å². The molecule has 0 atom stereocenters. The van der Waals surface area contributed by atoms with Crippen LogP contribution in [0.4, 0.5) is 15.8 Å². The fourth-order valence-electron chi connectivity index (χ4n) is 2.11. The summed E-state index contributed by atoms with van der Waals surface area (Å²) in [6.45, 7) is 2.32. The summed E-state index contributed by atoms with van der Waals surface area (Å²) >= 11 is 0. The fraction of sp³-hybridized carbons (Fsp3) is 0.222. The van der Waals surface area contributed by atoms with E-state index in [1.54, 1.807) is 18.2 Å². The van der Waals surface area contributed by atoms with Gasteiger partial charge in [0.05, 0.1) is 0 Å². The molecule has 0 aromatic heterocycles.